The minimum atomic E-state index is -1.09. The predicted octanol–water partition coefficient (Wildman–Crippen LogP) is 3.21. The van der Waals surface area contributed by atoms with Crippen LogP contribution in [0.4, 0.5) is 0 Å². The van der Waals surface area contributed by atoms with E-state index in [-0.39, 0.29) is 11.5 Å². The maximum Gasteiger partial charge on any atom is 0.266 e. The van der Waals surface area contributed by atoms with Crippen molar-refractivity contribution in [3.8, 4) is 0 Å². The summed E-state index contributed by atoms with van der Waals surface area (Å²) in [6, 6.07) is 8.76. The van der Waals surface area contributed by atoms with Crippen molar-refractivity contribution in [3.05, 3.63) is 69.9 Å². The van der Waals surface area contributed by atoms with Crippen LogP contribution in [0.3, 0.4) is 0 Å². The number of alkyl halides is 1. The lowest BCUT2D eigenvalue weighted by atomic mass is 9.82. The van der Waals surface area contributed by atoms with Crippen LogP contribution in [-0.4, -0.2) is 15.6 Å². The number of Topliss-reactive ketones (excluding diaryl/α,β-unsaturated/α-hetero) is 1. The highest BCUT2D eigenvalue weighted by Gasteiger charge is 2.39. The van der Waals surface area contributed by atoms with Crippen molar-refractivity contribution in [2.24, 2.45) is 5.92 Å². The number of rotatable bonds is 3. The van der Waals surface area contributed by atoms with Gasteiger partial charge in [-0.15, -0.1) is 11.6 Å². The number of nitrogens with zero attached hydrogens (tertiary/aromatic N) is 1. The summed E-state index contributed by atoms with van der Waals surface area (Å²) in [6.07, 6.45) is 4.15. The molecule has 0 spiro atoms. The first kappa shape index (κ1) is 13.5. The zero-order chi connectivity index (χ0) is 14.0. The van der Waals surface area contributed by atoms with Crippen molar-refractivity contribution in [1.82, 2.24) is 0 Å². The second kappa shape index (κ2) is 4.97. The molecule has 0 saturated heterocycles. The lowest BCUT2D eigenvalue weighted by Gasteiger charge is -2.27. The quantitative estimate of drug-likeness (QED) is 0.369. The molecule has 0 aromatic heterocycles. The van der Waals surface area contributed by atoms with Gasteiger partial charge in [-0.3, -0.25) is 14.9 Å². The molecule has 2 atom stereocenters. The van der Waals surface area contributed by atoms with Gasteiger partial charge < -0.3 is 0 Å². The van der Waals surface area contributed by atoms with Crippen LogP contribution in [0.5, 0.6) is 0 Å². The normalized spacial score (nSPS) is 25.8. The van der Waals surface area contributed by atoms with E-state index >= 15 is 0 Å². The van der Waals surface area contributed by atoms with Crippen LogP contribution >= 0.6 is 11.6 Å². The third-order valence-corrected chi connectivity index (χ3v) is 3.39. The van der Waals surface area contributed by atoms with E-state index in [1.807, 2.05) is 6.07 Å². The summed E-state index contributed by atoms with van der Waals surface area (Å²) in [4.78, 5) is 21.5. The molecule has 0 fully saturated rings. The Balaban J connectivity index is 2.31. The maximum absolute atomic E-state index is 12.4. The maximum atomic E-state index is 12.4. The van der Waals surface area contributed by atoms with E-state index in [0.29, 0.717) is 5.56 Å². The number of hydrogen-bond acceptors (Lipinski definition) is 3. The zero-order valence-electron chi connectivity index (χ0n) is 10.2. The molecule has 1 aliphatic carbocycles. The van der Waals surface area contributed by atoms with E-state index in [1.165, 1.54) is 18.2 Å². The van der Waals surface area contributed by atoms with Crippen LogP contribution in [0.25, 0.3) is 0 Å². The molecular weight excluding hydrogens is 266 g/mol. The molecular formula is C14H12ClNO3. The molecule has 1 aliphatic rings. The number of carbonyl (C=O) groups excluding carboxylic acids is 1. The summed E-state index contributed by atoms with van der Waals surface area (Å²) < 4.78 is 0. The monoisotopic (exact) mass is 277 g/mol. The Labute approximate surface area is 115 Å². The molecule has 1 aromatic carbocycles. The van der Waals surface area contributed by atoms with E-state index in [1.54, 1.807) is 31.2 Å². The SMILES string of the molecule is CC1(Cl)C=C([N+](=O)[O-])C=CC1C(=O)c1ccccc1. The van der Waals surface area contributed by atoms with E-state index in [9.17, 15) is 14.9 Å². The predicted molar refractivity (Wildman–Crippen MR) is 72.7 cm³/mol. The van der Waals surface area contributed by atoms with E-state index in [4.69, 9.17) is 11.6 Å². The van der Waals surface area contributed by atoms with Crippen LogP contribution < -0.4 is 0 Å². The third kappa shape index (κ3) is 2.74. The van der Waals surface area contributed by atoms with Gasteiger partial charge in [-0.1, -0.05) is 36.4 Å². The molecule has 0 bridgehead atoms. The van der Waals surface area contributed by atoms with Gasteiger partial charge in [-0.25, -0.2) is 0 Å². The van der Waals surface area contributed by atoms with Crippen LogP contribution in [-0.2, 0) is 0 Å². The van der Waals surface area contributed by atoms with Crippen molar-refractivity contribution in [1.29, 1.82) is 0 Å². The summed E-state index contributed by atoms with van der Waals surface area (Å²) in [7, 11) is 0. The Bertz CT molecular complexity index is 576. The van der Waals surface area contributed by atoms with Gasteiger partial charge in [0.1, 0.15) is 0 Å². The van der Waals surface area contributed by atoms with Gasteiger partial charge in [0, 0.05) is 17.7 Å². The van der Waals surface area contributed by atoms with Crippen molar-refractivity contribution in [2.75, 3.05) is 0 Å². The Hall–Kier alpha value is -1.94. The molecule has 1 aromatic rings. The first-order chi connectivity index (χ1) is 8.92. The van der Waals surface area contributed by atoms with Crippen LogP contribution in [0.15, 0.2) is 54.3 Å². The largest absolute Gasteiger partial charge is 0.293 e. The van der Waals surface area contributed by atoms with Crippen LogP contribution in [0, 0.1) is 16.0 Å². The van der Waals surface area contributed by atoms with E-state index < -0.39 is 15.7 Å². The molecule has 0 radical (unpaired) electrons. The Morgan fingerprint density at radius 2 is 2.00 bits per heavy atom. The summed E-state index contributed by atoms with van der Waals surface area (Å²) >= 11 is 6.27. The van der Waals surface area contributed by atoms with Gasteiger partial charge in [0.25, 0.3) is 5.70 Å². The summed E-state index contributed by atoms with van der Waals surface area (Å²) in [6.45, 7) is 1.60. The second-order valence-electron chi connectivity index (χ2n) is 4.54. The molecule has 0 heterocycles. The van der Waals surface area contributed by atoms with Crippen molar-refractivity contribution in [3.63, 3.8) is 0 Å². The number of carbonyl (C=O) groups is 1. The molecule has 19 heavy (non-hydrogen) atoms. The average molecular weight is 278 g/mol. The topological polar surface area (TPSA) is 60.2 Å². The number of benzene rings is 1. The van der Waals surface area contributed by atoms with Gasteiger partial charge in [-0.2, -0.15) is 0 Å². The fourth-order valence-corrected chi connectivity index (χ4v) is 2.33. The average Bonchev–Trinajstić information content (AvgIpc) is 2.37. The zero-order valence-corrected chi connectivity index (χ0v) is 11.0. The minimum Gasteiger partial charge on any atom is -0.293 e. The summed E-state index contributed by atoms with van der Waals surface area (Å²) in [5.74, 6) is -0.756. The highest BCUT2D eigenvalue weighted by Crippen LogP contribution is 2.35. The summed E-state index contributed by atoms with van der Waals surface area (Å²) in [5, 5.41) is 10.7. The number of hydrogen-bond donors (Lipinski definition) is 0. The fourth-order valence-electron chi connectivity index (χ4n) is 2.05. The third-order valence-electron chi connectivity index (χ3n) is 3.05. The lowest BCUT2D eigenvalue weighted by molar-refractivity contribution is -0.419. The second-order valence-corrected chi connectivity index (χ2v) is 5.36. The number of allylic oxidation sites excluding steroid dienone is 3. The molecule has 2 rings (SSSR count). The standard InChI is InChI=1S/C14H12ClNO3/c1-14(15)9-11(16(18)19)7-8-12(14)13(17)10-5-3-2-4-6-10/h2-9,12H,1H3. The fraction of sp³-hybridized carbons (Fsp3) is 0.214. The van der Waals surface area contributed by atoms with Crippen LogP contribution in [0.1, 0.15) is 17.3 Å². The molecule has 0 amide bonds. The van der Waals surface area contributed by atoms with Crippen LogP contribution in [0.2, 0.25) is 0 Å². The first-order valence-corrected chi connectivity index (χ1v) is 6.13. The van der Waals surface area contributed by atoms with Gasteiger partial charge in [0.2, 0.25) is 0 Å². The molecule has 5 heteroatoms. The first-order valence-electron chi connectivity index (χ1n) is 5.75. The Morgan fingerprint density at radius 1 is 1.37 bits per heavy atom. The van der Waals surface area contributed by atoms with E-state index in [0.717, 1.165) is 0 Å². The van der Waals surface area contributed by atoms with E-state index in [2.05, 4.69) is 0 Å². The Kier molecular flexibility index (Phi) is 3.53. The van der Waals surface area contributed by atoms with Crippen molar-refractivity contribution < 1.29 is 9.72 Å². The highest BCUT2D eigenvalue weighted by molar-refractivity contribution is 6.27. The van der Waals surface area contributed by atoms with Crippen molar-refractivity contribution in [2.45, 2.75) is 11.8 Å². The number of halogens is 1. The van der Waals surface area contributed by atoms with Gasteiger partial charge in [0.05, 0.1) is 15.7 Å². The number of nitro groups is 1. The molecule has 0 saturated carbocycles. The minimum absolute atomic E-state index is 0.0883. The highest BCUT2D eigenvalue weighted by atomic mass is 35.5. The molecule has 0 aliphatic heterocycles. The lowest BCUT2D eigenvalue weighted by Crippen LogP contribution is -2.34. The number of ketones is 1. The smallest absolute Gasteiger partial charge is 0.266 e. The van der Waals surface area contributed by atoms with Gasteiger partial charge in [0.15, 0.2) is 5.78 Å². The molecule has 98 valence electrons. The summed E-state index contributed by atoms with van der Waals surface area (Å²) in [5.41, 5.74) is 0.455. The molecule has 2 unspecified atom stereocenters. The Morgan fingerprint density at radius 3 is 2.53 bits per heavy atom. The van der Waals surface area contributed by atoms with Crippen molar-refractivity contribution >= 4 is 17.4 Å². The van der Waals surface area contributed by atoms with Gasteiger partial charge in [-0.05, 0) is 6.92 Å². The van der Waals surface area contributed by atoms with Gasteiger partial charge >= 0.3 is 0 Å². The molecule has 0 N–H and O–H groups in total. The molecule has 4 nitrogen and oxygen atoms in total.